The molecule has 1 aliphatic heterocycles. The van der Waals surface area contributed by atoms with Crippen LogP contribution in [0.4, 0.5) is 0 Å². The summed E-state index contributed by atoms with van der Waals surface area (Å²) in [4.78, 5) is 21.5. The highest BCUT2D eigenvalue weighted by molar-refractivity contribution is 5.98. The summed E-state index contributed by atoms with van der Waals surface area (Å²) < 4.78 is 6.20. The second-order valence-electron chi connectivity index (χ2n) is 7.92. The maximum atomic E-state index is 13.6. The van der Waals surface area contributed by atoms with Crippen molar-refractivity contribution in [2.45, 2.75) is 44.9 Å². The Morgan fingerprint density at radius 2 is 1.90 bits per heavy atom. The minimum Gasteiger partial charge on any atom is -0.472 e. The van der Waals surface area contributed by atoms with E-state index in [4.69, 9.17) is 4.74 Å². The molecule has 3 heterocycles. The molecule has 7 heteroatoms. The summed E-state index contributed by atoms with van der Waals surface area (Å²) in [5.41, 5.74) is 2.39. The molecule has 1 saturated heterocycles. The summed E-state index contributed by atoms with van der Waals surface area (Å²) >= 11 is 0. The lowest BCUT2D eigenvalue weighted by molar-refractivity contribution is 0.0314. The van der Waals surface area contributed by atoms with Gasteiger partial charge in [-0.3, -0.25) is 4.79 Å². The minimum atomic E-state index is -0.0367. The van der Waals surface area contributed by atoms with E-state index in [0.29, 0.717) is 23.0 Å². The van der Waals surface area contributed by atoms with Crippen LogP contribution in [0.25, 0.3) is 5.69 Å². The predicted molar refractivity (Wildman–Crippen MR) is 107 cm³/mol. The van der Waals surface area contributed by atoms with Gasteiger partial charge in [0.1, 0.15) is 6.10 Å². The average Bonchev–Trinajstić information content (AvgIpc) is 3.46. The van der Waals surface area contributed by atoms with Crippen LogP contribution in [-0.2, 0) is 0 Å². The fourth-order valence-electron chi connectivity index (χ4n) is 4.68. The molecule has 2 fully saturated rings. The Morgan fingerprint density at radius 1 is 1.10 bits per heavy atom. The van der Waals surface area contributed by atoms with Gasteiger partial charge < -0.3 is 9.64 Å². The van der Waals surface area contributed by atoms with Gasteiger partial charge in [0.25, 0.3) is 5.91 Å². The van der Waals surface area contributed by atoms with Crippen molar-refractivity contribution >= 4 is 5.91 Å². The summed E-state index contributed by atoms with van der Waals surface area (Å²) in [6.45, 7) is 4.14. The van der Waals surface area contributed by atoms with Gasteiger partial charge in [0.2, 0.25) is 5.88 Å². The SMILES string of the molecule is Cc1ccc(O[C@@H]2C[C@H]3C[C@@H]2N(C(=O)c2ccccc2-n2nccn2)[C@@H]3C)nc1. The van der Waals surface area contributed by atoms with E-state index in [0.717, 1.165) is 18.4 Å². The zero-order valence-corrected chi connectivity index (χ0v) is 16.5. The van der Waals surface area contributed by atoms with Gasteiger partial charge in [0.05, 0.1) is 29.7 Å². The largest absolute Gasteiger partial charge is 0.472 e. The normalized spacial score (nSPS) is 25.4. The molecule has 2 aromatic heterocycles. The van der Waals surface area contributed by atoms with Gasteiger partial charge in [0.15, 0.2) is 0 Å². The number of piperidine rings is 1. The maximum Gasteiger partial charge on any atom is 0.256 e. The Labute approximate surface area is 169 Å². The lowest BCUT2D eigenvalue weighted by Gasteiger charge is -2.38. The van der Waals surface area contributed by atoms with Gasteiger partial charge in [-0.25, -0.2) is 4.98 Å². The third-order valence-electron chi connectivity index (χ3n) is 6.15. The maximum absolute atomic E-state index is 13.6. The Bertz CT molecular complexity index is 1020. The molecule has 0 unspecified atom stereocenters. The quantitative estimate of drug-likeness (QED) is 0.686. The molecule has 7 nitrogen and oxygen atoms in total. The molecule has 2 aliphatic rings. The lowest BCUT2D eigenvalue weighted by Crippen LogP contribution is -2.51. The molecule has 1 amide bonds. The third-order valence-corrected chi connectivity index (χ3v) is 6.15. The number of likely N-dealkylation sites (tertiary alicyclic amines) is 1. The van der Waals surface area contributed by atoms with Crippen molar-refractivity contribution in [3.8, 4) is 11.6 Å². The molecule has 4 atom stereocenters. The number of pyridine rings is 1. The minimum absolute atomic E-state index is 0.00284. The van der Waals surface area contributed by atoms with Crippen molar-refractivity contribution < 1.29 is 9.53 Å². The van der Waals surface area contributed by atoms with Crippen molar-refractivity contribution in [2.75, 3.05) is 0 Å². The Morgan fingerprint density at radius 3 is 2.62 bits per heavy atom. The van der Waals surface area contributed by atoms with Crippen molar-refractivity contribution in [3.05, 3.63) is 66.1 Å². The molecule has 0 N–H and O–H groups in total. The number of nitrogens with zero attached hydrogens (tertiary/aromatic N) is 5. The van der Waals surface area contributed by atoms with E-state index in [2.05, 4.69) is 22.1 Å². The van der Waals surface area contributed by atoms with Crippen molar-refractivity contribution in [1.82, 2.24) is 24.9 Å². The molecule has 0 radical (unpaired) electrons. The zero-order valence-electron chi connectivity index (χ0n) is 16.5. The second kappa shape index (κ2) is 6.99. The summed E-state index contributed by atoms with van der Waals surface area (Å²) in [7, 11) is 0. The molecule has 148 valence electrons. The van der Waals surface area contributed by atoms with Crippen LogP contribution < -0.4 is 4.74 Å². The molecular formula is C22H23N5O2. The standard InChI is InChI=1S/C22H23N5O2/c1-14-7-8-21(23-13-14)29-20-12-16-11-19(20)26(15(16)2)22(28)17-5-3-4-6-18(17)27-24-9-10-25-27/h3-10,13,15-16,19-20H,11-12H2,1-2H3/t15-,16-,19+,20-/m1/s1. The van der Waals surface area contributed by atoms with E-state index >= 15 is 0 Å². The summed E-state index contributed by atoms with van der Waals surface area (Å²) in [6, 6.07) is 11.6. The number of aryl methyl sites for hydroxylation is 1. The number of carbonyl (C=O) groups is 1. The fraction of sp³-hybridized carbons (Fsp3) is 0.364. The van der Waals surface area contributed by atoms with Crippen LogP contribution in [0.5, 0.6) is 5.88 Å². The molecule has 1 saturated carbocycles. The zero-order chi connectivity index (χ0) is 20.0. The molecule has 29 heavy (non-hydrogen) atoms. The Kier molecular flexibility index (Phi) is 4.30. The van der Waals surface area contributed by atoms with Gasteiger partial charge in [0, 0.05) is 18.3 Å². The fourth-order valence-corrected chi connectivity index (χ4v) is 4.68. The lowest BCUT2D eigenvalue weighted by atomic mass is 9.98. The molecule has 3 aromatic rings. The molecule has 1 aliphatic carbocycles. The number of amides is 1. The van der Waals surface area contributed by atoms with Crippen LogP contribution in [0.3, 0.4) is 0 Å². The van der Waals surface area contributed by atoms with E-state index in [1.807, 2.05) is 48.2 Å². The average molecular weight is 389 g/mol. The summed E-state index contributed by atoms with van der Waals surface area (Å²) in [6.07, 6.45) is 6.91. The first-order valence-electron chi connectivity index (χ1n) is 9.99. The van der Waals surface area contributed by atoms with E-state index in [-0.39, 0.29) is 24.1 Å². The first-order chi connectivity index (χ1) is 14.1. The number of rotatable bonds is 4. The number of hydrogen-bond donors (Lipinski definition) is 0. The van der Waals surface area contributed by atoms with Crippen molar-refractivity contribution in [2.24, 2.45) is 5.92 Å². The van der Waals surface area contributed by atoms with Gasteiger partial charge in [-0.2, -0.15) is 15.0 Å². The second-order valence-corrected chi connectivity index (χ2v) is 7.92. The monoisotopic (exact) mass is 389 g/mol. The molecule has 1 aromatic carbocycles. The smallest absolute Gasteiger partial charge is 0.256 e. The first kappa shape index (κ1) is 17.8. The topological polar surface area (TPSA) is 73.1 Å². The van der Waals surface area contributed by atoms with Gasteiger partial charge in [-0.05, 0) is 50.3 Å². The van der Waals surface area contributed by atoms with Crippen LogP contribution in [0.15, 0.2) is 55.0 Å². The van der Waals surface area contributed by atoms with E-state index in [9.17, 15) is 4.79 Å². The highest BCUT2D eigenvalue weighted by Gasteiger charge is 2.52. The highest BCUT2D eigenvalue weighted by atomic mass is 16.5. The van der Waals surface area contributed by atoms with E-state index in [1.165, 1.54) is 4.80 Å². The van der Waals surface area contributed by atoms with E-state index in [1.54, 1.807) is 18.6 Å². The Balaban J connectivity index is 1.42. The highest BCUT2D eigenvalue weighted by Crippen LogP contribution is 2.44. The van der Waals surface area contributed by atoms with E-state index < -0.39 is 0 Å². The number of ether oxygens (including phenoxy) is 1. The van der Waals surface area contributed by atoms with Crippen LogP contribution in [0, 0.1) is 12.8 Å². The van der Waals surface area contributed by atoms with Gasteiger partial charge in [-0.15, -0.1) is 0 Å². The third kappa shape index (κ3) is 3.06. The number of hydrogen-bond acceptors (Lipinski definition) is 5. The van der Waals surface area contributed by atoms with Crippen molar-refractivity contribution in [3.63, 3.8) is 0 Å². The number of para-hydroxylation sites is 1. The first-order valence-corrected chi connectivity index (χ1v) is 9.99. The molecule has 5 rings (SSSR count). The summed E-state index contributed by atoms with van der Waals surface area (Å²) in [5.74, 6) is 1.06. The van der Waals surface area contributed by atoms with Crippen LogP contribution in [0.2, 0.25) is 0 Å². The van der Waals surface area contributed by atoms with Crippen LogP contribution in [0.1, 0.15) is 35.7 Å². The van der Waals surface area contributed by atoms with Crippen LogP contribution >= 0.6 is 0 Å². The number of benzene rings is 1. The number of aromatic nitrogens is 4. The molecule has 2 bridgehead atoms. The summed E-state index contributed by atoms with van der Waals surface area (Å²) in [5, 5.41) is 8.41. The molecular weight excluding hydrogens is 366 g/mol. The van der Waals surface area contributed by atoms with Crippen LogP contribution in [-0.4, -0.2) is 49.0 Å². The predicted octanol–water partition coefficient (Wildman–Crippen LogP) is 3.04. The molecule has 0 spiro atoms. The number of fused-ring (bicyclic) bond motifs is 2. The van der Waals surface area contributed by atoms with Crippen molar-refractivity contribution in [1.29, 1.82) is 0 Å². The number of carbonyl (C=O) groups excluding carboxylic acids is 1. The van der Waals surface area contributed by atoms with Gasteiger partial charge >= 0.3 is 0 Å². The Hall–Kier alpha value is -3.22. The van der Waals surface area contributed by atoms with Gasteiger partial charge in [-0.1, -0.05) is 18.2 Å².